The molecule has 0 radical (unpaired) electrons. The largest absolute Gasteiger partial charge is 0.479 e. The standard InChI is InChI=1S/C12H15NO3/c1-13-6-10(7-13)8-3-2-4-9(5-8)11(14)12(15)16/h2-5,10-11,14H,6-7H2,1H3,(H,15,16). The first kappa shape index (κ1) is 11.1. The zero-order chi connectivity index (χ0) is 11.7. The molecule has 0 amide bonds. The molecule has 1 heterocycles. The van der Waals surface area contributed by atoms with E-state index in [0.717, 1.165) is 18.7 Å². The van der Waals surface area contributed by atoms with Crippen LogP contribution in [0.5, 0.6) is 0 Å². The van der Waals surface area contributed by atoms with Gasteiger partial charge in [0.15, 0.2) is 6.10 Å². The van der Waals surface area contributed by atoms with Crippen molar-refractivity contribution >= 4 is 5.97 Å². The van der Waals surface area contributed by atoms with Crippen LogP contribution >= 0.6 is 0 Å². The lowest BCUT2D eigenvalue weighted by molar-refractivity contribution is -0.146. The number of carbonyl (C=O) groups is 1. The smallest absolute Gasteiger partial charge is 0.337 e. The van der Waals surface area contributed by atoms with Crippen LogP contribution in [0.25, 0.3) is 0 Å². The van der Waals surface area contributed by atoms with Crippen LogP contribution in [0.2, 0.25) is 0 Å². The van der Waals surface area contributed by atoms with Gasteiger partial charge in [-0.25, -0.2) is 4.79 Å². The highest BCUT2D eigenvalue weighted by Crippen LogP contribution is 2.27. The van der Waals surface area contributed by atoms with E-state index >= 15 is 0 Å². The fraction of sp³-hybridized carbons (Fsp3) is 0.417. The lowest BCUT2D eigenvalue weighted by Gasteiger charge is -2.36. The first-order valence-corrected chi connectivity index (χ1v) is 5.27. The monoisotopic (exact) mass is 221 g/mol. The van der Waals surface area contributed by atoms with Crippen molar-refractivity contribution in [1.29, 1.82) is 0 Å². The van der Waals surface area contributed by atoms with Crippen LogP contribution in [0, 0.1) is 0 Å². The van der Waals surface area contributed by atoms with Crippen molar-refractivity contribution in [2.45, 2.75) is 12.0 Å². The van der Waals surface area contributed by atoms with Crippen LogP contribution in [-0.4, -0.2) is 41.2 Å². The molecule has 1 aliphatic rings. The fourth-order valence-electron chi connectivity index (χ4n) is 2.04. The fourth-order valence-corrected chi connectivity index (χ4v) is 2.04. The van der Waals surface area contributed by atoms with Crippen molar-refractivity contribution in [3.05, 3.63) is 35.4 Å². The number of likely N-dealkylation sites (tertiary alicyclic amines) is 1. The van der Waals surface area contributed by atoms with Gasteiger partial charge in [0, 0.05) is 19.0 Å². The van der Waals surface area contributed by atoms with E-state index in [0.29, 0.717) is 11.5 Å². The van der Waals surface area contributed by atoms with E-state index in [-0.39, 0.29) is 0 Å². The molecule has 0 bridgehead atoms. The Balaban J connectivity index is 2.16. The number of likely N-dealkylation sites (N-methyl/N-ethyl adjacent to an activating group) is 1. The van der Waals surface area contributed by atoms with E-state index in [1.54, 1.807) is 18.2 Å². The number of hydrogen-bond acceptors (Lipinski definition) is 3. The molecule has 0 spiro atoms. The summed E-state index contributed by atoms with van der Waals surface area (Å²) in [5.74, 6) is -0.742. The van der Waals surface area contributed by atoms with E-state index < -0.39 is 12.1 Å². The molecule has 4 nitrogen and oxygen atoms in total. The number of aliphatic carboxylic acids is 1. The van der Waals surface area contributed by atoms with Crippen molar-refractivity contribution in [3.63, 3.8) is 0 Å². The molecule has 2 rings (SSSR count). The van der Waals surface area contributed by atoms with Gasteiger partial charge in [0.1, 0.15) is 0 Å². The maximum Gasteiger partial charge on any atom is 0.337 e. The molecule has 16 heavy (non-hydrogen) atoms. The maximum absolute atomic E-state index is 10.7. The molecule has 4 heteroatoms. The van der Waals surface area contributed by atoms with Crippen molar-refractivity contribution in [2.24, 2.45) is 0 Å². The van der Waals surface area contributed by atoms with Crippen molar-refractivity contribution in [2.75, 3.05) is 20.1 Å². The number of rotatable bonds is 3. The number of carboxylic acids is 1. The molecule has 1 unspecified atom stereocenters. The number of carboxylic acid groups (broad SMARTS) is 1. The minimum atomic E-state index is -1.42. The van der Waals surface area contributed by atoms with E-state index in [1.165, 1.54) is 0 Å². The van der Waals surface area contributed by atoms with Gasteiger partial charge in [-0.3, -0.25) is 0 Å². The molecule has 1 aliphatic heterocycles. The summed E-state index contributed by atoms with van der Waals surface area (Å²) in [6.45, 7) is 1.99. The predicted molar refractivity (Wildman–Crippen MR) is 59.3 cm³/mol. The second-order valence-electron chi connectivity index (χ2n) is 4.33. The van der Waals surface area contributed by atoms with Crippen LogP contribution in [-0.2, 0) is 4.79 Å². The van der Waals surface area contributed by atoms with E-state index in [4.69, 9.17) is 5.11 Å². The average Bonchev–Trinajstić information content (AvgIpc) is 2.24. The second-order valence-corrected chi connectivity index (χ2v) is 4.33. The minimum Gasteiger partial charge on any atom is -0.479 e. The normalized spacial score (nSPS) is 19.1. The highest BCUT2D eigenvalue weighted by atomic mass is 16.4. The molecule has 1 aromatic rings. The lowest BCUT2D eigenvalue weighted by atomic mass is 9.90. The third-order valence-electron chi connectivity index (χ3n) is 3.00. The second kappa shape index (κ2) is 4.23. The summed E-state index contributed by atoms with van der Waals surface area (Å²) >= 11 is 0. The molecule has 1 fully saturated rings. The van der Waals surface area contributed by atoms with Gasteiger partial charge in [0.2, 0.25) is 0 Å². The number of aliphatic hydroxyl groups excluding tert-OH is 1. The topological polar surface area (TPSA) is 60.8 Å². The summed E-state index contributed by atoms with van der Waals surface area (Å²) in [7, 11) is 2.05. The van der Waals surface area contributed by atoms with Crippen LogP contribution in [0.15, 0.2) is 24.3 Å². The molecule has 1 atom stereocenters. The highest BCUT2D eigenvalue weighted by molar-refractivity contribution is 5.74. The Morgan fingerprint density at radius 2 is 2.19 bits per heavy atom. The molecule has 0 aromatic heterocycles. The van der Waals surface area contributed by atoms with Gasteiger partial charge in [-0.15, -0.1) is 0 Å². The average molecular weight is 221 g/mol. The van der Waals surface area contributed by atoms with E-state index in [1.807, 2.05) is 13.1 Å². The summed E-state index contributed by atoms with van der Waals surface area (Å²) in [6.07, 6.45) is -1.42. The zero-order valence-corrected chi connectivity index (χ0v) is 9.13. The number of hydrogen-bond donors (Lipinski definition) is 2. The van der Waals surface area contributed by atoms with Crippen LogP contribution in [0.4, 0.5) is 0 Å². The van der Waals surface area contributed by atoms with Crippen molar-refractivity contribution in [1.82, 2.24) is 4.90 Å². The first-order chi connectivity index (χ1) is 7.58. The summed E-state index contributed by atoms with van der Waals surface area (Å²) < 4.78 is 0. The van der Waals surface area contributed by atoms with E-state index in [9.17, 15) is 9.90 Å². The van der Waals surface area contributed by atoms with Crippen LogP contribution < -0.4 is 0 Å². The molecule has 86 valence electrons. The van der Waals surface area contributed by atoms with E-state index in [2.05, 4.69) is 4.90 Å². The molecule has 1 saturated heterocycles. The number of nitrogens with zero attached hydrogens (tertiary/aromatic N) is 1. The minimum absolute atomic E-state index is 0.458. The van der Waals surface area contributed by atoms with Crippen LogP contribution in [0.1, 0.15) is 23.1 Å². The molecule has 0 saturated carbocycles. The number of aliphatic hydroxyl groups is 1. The summed E-state index contributed by atoms with van der Waals surface area (Å²) in [5.41, 5.74) is 1.57. The summed E-state index contributed by atoms with van der Waals surface area (Å²) in [4.78, 5) is 12.9. The third-order valence-corrected chi connectivity index (χ3v) is 3.00. The van der Waals surface area contributed by atoms with Gasteiger partial charge in [0.05, 0.1) is 0 Å². The van der Waals surface area contributed by atoms with Gasteiger partial charge >= 0.3 is 5.97 Å². The molecule has 2 N–H and O–H groups in total. The maximum atomic E-state index is 10.7. The first-order valence-electron chi connectivity index (χ1n) is 5.27. The Kier molecular flexibility index (Phi) is 2.94. The Labute approximate surface area is 94.1 Å². The van der Waals surface area contributed by atoms with Gasteiger partial charge in [0.25, 0.3) is 0 Å². The Hall–Kier alpha value is -1.39. The molecular formula is C12H15NO3. The zero-order valence-electron chi connectivity index (χ0n) is 9.13. The summed E-state index contributed by atoms with van der Waals surface area (Å²) in [5, 5.41) is 18.2. The quantitative estimate of drug-likeness (QED) is 0.793. The van der Waals surface area contributed by atoms with Gasteiger partial charge in [-0.1, -0.05) is 24.3 Å². The highest BCUT2D eigenvalue weighted by Gasteiger charge is 2.25. The van der Waals surface area contributed by atoms with Crippen molar-refractivity contribution in [3.8, 4) is 0 Å². The SMILES string of the molecule is CN1CC(c2cccc(C(O)C(=O)O)c2)C1. The molecular weight excluding hydrogens is 206 g/mol. The molecule has 0 aliphatic carbocycles. The summed E-state index contributed by atoms with van der Waals surface area (Å²) in [6, 6.07) is 7.21. The Morgan fingerprint density at radius 1 is 1.50 bits per heavy atom. The van der Waals surface area contributed by atoms with Crippen molar-refractivity contribution < 1.29 is 15.0 Å². The van der Waals surface area contributed by atoms with Crippen LogP contribution in [0.3, 0.4) is 0 Å². The van der Waals surface area contributed by atoms with Gasteiger partial charge < -0.3 is 15.1 Å². The lowest BCUT2D eigenvalue weighted by Crippen LogP contribution is -2.41. The third kappa shape index (κ3) is 2.08. The molecule has 1 aromatic carbocycles. The Bertz CT molecular complexity index is 399. The number of benzene rings is 1. The van der Waals surface area contributed by atoms with Gasteiger partial charge in [-0.2, -0.15) is 0 Å². The predicted octanol–water partition coefficient (Wildman–Crippen LogP) is 0.834. The van der Waals surface area contributed by atoms with Gasteiger partial charge in [-0.05, 0) is 18.2 Å². The Morgan fingerprint density at radius 3 is 2.75 bits per heavy atom.